The van der Waals surface area contributed by atoms with E-state index in [-0.39, 0.29) is 0 Å². The maximum atomic E-state index is 8.67. The molecule has 0 aliphatic rings. The highest BCUT2D eigenvalue weighted by atomic mass is 16.3. The van der Waals surface area contributed by atoms with Crippen molar-refractivity contribution in [2.24, 2.45) is 5.41 Å². The summed E-state index contributed by atoms with van der Waals surface area (Å²) < 4.78 is 0. The Kier molecular flexibility index (Phi) is 26.6. The number of hydrogen-bond acceptors (Lipinski definition) is 5. The molecule has 0 aromatic rings. The molecule has 0 fully saturated rings. The standard InChI is InChI=1S/C18H38O.C5H12O4/c1-2-3-4-5-6-7-8-9-10-11-12-13-14-15-16-17-18-19;6-1-5(2-7,3-8)4-9/h19H,2-18H2,1H3;6-9H,1-4H2. The molecule has 0 spiro atoms. The zero-order valence-corrected chi connectivity index (χ0v) is 18.6. The summed E-state index contributed by atoms with van der Waals surface area (Å²) in [5, 5.41) is 42.7. The second-order valence-corrected chi connectivity index (χ2v) is 8.16. The molecule has 5 N–H and O–H groups in total. The largest absolute Gasteiger partial charge is 0.396 e. The van der Waals surface area contributed by atoms with Gasteiger partial charge in [-0.3, -0.25) is 0 Å². The summed E-state index contributed by atoms with van der Waals surface area (Å²) in [7, 11) is 0. The summed E-state index contributed by atoms with van der Waals surface area (Å²) in [4.78, 5) is 0. The molecule has 0 heterocycles. The molecule has 0 aromatic carbocycles. The highest BCUT2D eigenvalue weighted by Crippen LogP contribution is 2.13. The fraction of sp³-hybridized carbons (Fsp3) is 1.00. The lowest BCUT2D eigenvalue weighted by molar-refractivity contribution is -0.0328. The van der Waals surface area contributed by atoms with Crippen molar-refractivity contribution in [1.29, 1.82) is 0 Å². The van der Waals surface area contributed by atoms with E-state index >= 15 is 0 Å². The van der Waals surface area contributed by atoms with Crippen molar-refractivity contribution < 1.29 is 25.5 Å². The fourth-order valence-corrected chi connectivity index (χ4v) is 2.96. The van der Waals surface area contributed by atoms with Gasteiger partial charge in [-0.2, -0.15) is 0 Å². The van der Waals surface area contributed by atoms with Gasteiger partial charge < -0.3 is 25.5 Å². The van der Waals surface area contributed by atoms with Crippen molar-refractivity contribution in [3.8, 4) is 0 Å². The van der Waals surface area contributed by atoms with Crippen LogP contribution < -0.4 is 0 Å². The number of unbranched alkanes of at least 4 members (excludes halogenated alkanes) is 15. The molecule has 0 bridgehead atoms. The van der Waals surface area contributed by atoms with Crippen LogP contribution in [0.4, 0.5) is 0 Å². The van der Waals surface area contributed by atoms with E-state index in [1.165, 1.54) is 96.3 Å². The monoisotopic (exact) mass is 406 g/mol. The first-order valence-corrected chi connectivity index (χ1v) is 11.7. The average Bonchev–Trinajstić information content (AvgIpc) is 2.73. The Hall–Kier alpha value is -0.200. The summed E-state index contributed by atoms with van der Waals surface area (Å²) in [5.74, 6) is 0. The van der Waals surface area contributed by atoms with Crippen LogP contribution in [0.25, 0.3) is 0 Å². The van der Waals surface area contributed by atoms with Crippen LogP contribution in [0.5, 0.6) is 0 Å². The molecule has 0 saturated heterocycles. The summed E-state index contributed by atoms with van der Waals surface area (Å²) in [6.07, 6.45) is 22.2. The van der Waals surface area contributed by atoms with E-state index in [1.54, 1.807) is 0 Å². The van der Waals surface area contributed by atoms with Crippen LogP contribution in [0.15, 0.2) is 0 Å². The van der Waals surface area contributed by atoms with E-state index in [2.05, 4.69) is 6.92 Å². The molecule has 0 aliphatic heterocycles. The average molecular weight is 407 g/mol. The zero-order valence-electron chi connectivity index (χ0n) is 18.6. The second kappa shape index (κ2) is 24.8. The second-order valence-electron chi connectivity index (χ2n) is 8.16. The highest BCUT2D eigenvalue weighted by Gasteiger charge is 2.26. The third kappa shape index (κ3) is 20.5. The maximum Gasteiger partial charge on any atom is 0.0627 e. The lowest BCUT2D eigenvalue weighted by Gasteiger charge is -2.23. The molecule has 5 heteroatoms. The van der Waals surface area contributed by atoms with Crippen molar-refractivity contribution in [2.75, 3.05) is 33.0 Å². The smallest absolute Gasteiger partial charge is 0.0627 e. The van der Waals surface area contributed by atoms with Crippen LogP contribution in [0.3, 0.4) is 0 Å². The normalized spacial score (nSPS) is 11.4. The maximum absolute atomic E-state index is 8.67. The van der Waals surface area contributed by atoms with E-state index in [0.29, 0.717) is 6.61 Å². The molecule has 5 nitrogen and oxygen atoms in total. The van der Waals surface area contributed by atoms with Gasteiger partial charge in [0.1, 0.15) is 0 Å². The van der Waals surface area contributed by atoms with Gasteiger partial charge in [-0.15, -0.1) is 0 Å². The first-order valence-electron chi connectivity index (χ1n) is 11.7. The van der Waals surface area contributed by atoms with Crippen LogP contribution in [-0.2, 0) is 0 Å². The molecular formula is C23H50O5. The van der Waals surface area contributed by atoms with Gasteiger partial charge in [0.15, 0.2) is 0 Å². The van der Waals surface area contributed by atoms with E-state index in [4.69, 9.17) is 25.5 Å². The molecule has 172 valence electrons. The minimum Gasteiger partial charge on any atom is -0.396 e. The molecule has 0 atom stereocenters. The minimum atomic E-state index is -1.11. The minimum absolute atomic E-state index is 0.373. The van der Waals surface area contributed by atoms with Gasteiger partial charge >= 0.3 is 0 Å². The Morgan fingerprint density at radius 2 is 0.643 bits per heavy atom. The van der Waals surface area contributed by atoms with E-state index in [0.717, 1.165) is 6.42 Å². The molecule has 0 saturated carbocycles. The number of aliphatic hydroxyl groups is 5. The van der Waals surface area contributed by atoms with Crippen LogP contribution >= 0.6 is 0 Å². The predicted octanol–water partition coefficient (Wildman–Crippen LogP) is 4.18. The molecular weight excluding hydrogens is 356 g/mol. The molecule has 0 unspecified atom stereocenters. The van der Waals surface area contributed by atoms with Crippen molar-refractivity contribution in [3.05, 3.63) is 0 Å². The SMILES string of the molecule is CCCCCCCCCCCCCCCCCCO.OCC(CO)(CO)CO. The molecule has 28 heavy (non-hydrogen) atoms. The Balaban J connectivity index is 0. The predicted molar refractivity (Wildman–Crippen MR) is 117 cm³/mol. The fourth-order valence-electron chi connectivity index (χ4n) is 2.96. The van der Waals surface area contributed by atoms with Gasteiger partial charge in [0.2, 0.25) is 0 Å². The molecule has 0 rings (SSSR count). The van der Waals surface area contributed by atoms with Gasteiger partial charge in [0, 0.05) is 6.61 Å². The van der Waals surface area contributed by atoms with Crippen LogP contribution in [0.2, 0.25) is 0 Å². The Bertz CT molecular complexity index is 236. The highest BCUT2D eigenvalue weighted by molar-refractivity contribution is 4.74. The topological polar surface area (TPSA) is 101 Å². The van der Waals surface area contributed by atoms with Crippen molar-refractivity contribution in [1.82, 2.24) is 0 Å². The lowest BCUT2D eigenvalue weighted by Crippen LogP contribution is -2.37. The number of aliphatic hydroxyl groups excluding tert-OH is 5. The Labute approximate surface area is 174 Å². The van der Waals surface area contributed by atoms with Crippen LogP contribution in [0.1, 0.15) is 110 Å². The van der Waals surface area contributed by atoms with Crippen LogP contribution in [0, 0.1) is 5.41 Å². The summed E-state index contributed by atoms with van der Waals surface area (Å²) in [5.41, 5.74) is -1.11. The lowest BCUT2D eigenvalue weighted by atomic mass is 9.93. The summed E-state index contributed by atoms with van der Waals surface area (Å²) in [6, 6.07) is 0. The van der Waals surface area contributed by atoms with E-state index in [9.17, 15) is 0 Å². The Morgan fingerprint density at radius 1 is 0.393 bits per heavy atom. The van der Waals surface area contributed by atoms with Crippen LogP contribution in [-0.4, -0.2) is 58.6 Å². The molecule has 0 aromatic heterocycles. The van der Waals surface area contributed by atoms with Gasteiger partial charge in [-0.25, -0.2) is 0 Å². The van der Waals surface area contributed by atoms with Gasteiger partial charge in [-0.1, -0.05) is 103 Å². The Morgan fingerprint density at radius 3 is 0.821 bits per heavy atom. The third-order valence-electron chi connectivity index (χ3n) is 5.35. The molecule has 0 radical (unpaired) electrons. The quantitative estimate of drug-likeness (QED) is 0.195. The van der Waals surface area contributed by atoms with Crippen molar-refractivity contribution in [2.45, 2.75) is 110 Å². The first kappa shape index (κ1) is 30.0. The number of hydrogen-bond donors (Lipinski definition) is 5. The summed E-state index contributed by atoms with van der Waals surface area (Å²) in [6.45, 7) is 1.03. The molecule has 0 aliphatic carbocycles. The molecule has 0 amide bonds. The third-order valence-corrected chi connectivity index (χ3v) is 5.35. The first-order chi connectivity index (χ1) is 13.7. The van der Waals surface area contributed by atoms with Crippen molar-refractivity contribution >= 4 is 0 Å². The van der Waals surface area contributed by atoms with E-state index in [1.807, 2.05) is 0 Å². The number of rotatable bonds is 20. The van der Waals surface area contributed by atoms with E-state index < -0.39 is 31.8 Å². The van der Waals surface area contributed by atoms with Gasteiger partial charge in [0.05, 0.1) is 31.8 Å². The van der Waals surface area contributed by atoms with Gasteiger partial charge in [-0.05, 0) is 6.42 Å². The van der Waals surface area contributed by atoms with Gasteiger partial charge in [0.25, 0.3) is 0 Å². The summed E-state index contributed by atoms with van der Waals surface area (Å²) >= 11 is 0. The zero-order chi connectivity index (χ0) is 21.3. The van der Waals surface area contributed by atoms with Crippen molar-refractivity contribution in [3.63, 3.8) is 0 Å².